The van der Waals surface area contributed by atoms with Crippen molar-refractivity contribution in [1.29, 1.82) is 0 Å². The maximum Gasteiger partial charge on any atom is 0.330 e. The standard InChI is InChI=1S/C25H40O4/c1-15(5-8-22(28)29-4)18-6-7-19-23-20(10-12-25(18,19)3)24(2)11-9-17(26)13-16(24)14-21(23)27/h5,8,15-21,23,26-27H,6-7,9-14H2,1-4H3/b8-5+/t15-,16+,17-,18-,19+,20+,21-,23+,24+,25-/m1/s1. The molecule has 4 aliphatic carbocycles. The largest absolute Gasteiger partial charge is 0.466 e. The molecule has 4 rings (SSSR count). The van der Waals surface area contributed by atoms with E-state index in [1.54, 1.807) is 6.08 Å². The number of aliphatic hydroxyl groups excluding tert-OH is 2. The van der Waals surface area contributed by atoms with Crippen molar-refractivity contribution in [3.05, 3.63) is 12.2 Å². The van der Waals surface area contributed by atoms with Crippen LogP contribution in [0, 0.1) is 46.3 Å². The van der Waals surface area contributed by atoms with Crippen LogP contribution in [-0.2, 0) is 9.53 Å². The summed E-state index contributed by atoms with van der Waals surface area (Å²) in [6, 6.07) is 0. The maximum absolute atomic E-state index is 11.6. The second-order valence-corrected chi connectivity index (χ2v) is 11.2. The van der Waals surface area contributed by atoms with Crippen LogP contribution in [0.25, 0.3) is 0 Å². The average molecular weight is 405 g/mol. The van der Waals surface area contributed by atoms with Gasteiger partial charge in [0.05, 0.1) is 19.3 Å². The maximum atomic E-state index is 11.6. The van der Waals surface area contributed by atoms with Crippen LogP contribution in [0.1, 0.15) is 72.1 Å². The van der Waals surface area contributed by atoms with Gasteiger partial charge in [-0.15, -0.1) is 0 Å². The number of hydrogen-bond donors (Lipinski definition) is 2. The fourth-order valence-electron chi connectivity index (χ4n) is 8.54. The normalized spacial score (nSPS) is 50.5. The highest BCUT2D eigenvalue weighted by Crippen LogP contribution is 2.68. The number of carbonyl (C=O) groups excluding carboxylic acids is 1. The van der Waals surface area contributed by atoms with Crippen LogP contribution in [-0.4, -0.2) is 35.5 Å². The van der Waals surface area contributed by atoms with Gasteiger partial charge in [-0.05, 0) is 97.7 Å². The van der Waals surface area contributed by atoms with E-state index in [4.69, 9.17) is 4.74 Å². The summed E-state index contributed by atoms with van der Waals surface area (Å²) < 4.78 is 4.77. The molecule has 10 atom stereocenters. The highest BCUT2D eigenvalue weighted by atomic mass is 16.5. The van der Waals surface area contributed by atoms with Crippen LogP contribution in [0.3, 0.4) is 0 Å². The lowest BCUT2D eigenvalue weighted by Crippen LogP contribution is -2.58. The van der Waals surface area contributed by atoms with Crippen molar-refractivity contribution < 1.29 is 19.7 Å². The van der Waals surface area contributed by atoms with Gasteiger partial charge in [0.15, 0.2) is 0 Å². The minimum absolute atomic E-state index is 0.177. The van der Waals surface area contributed by atoms with Gasteiger partial charge >= 0.3 is 5.97 Å². The van der Waals surface area contributed by atoms with Crippen molar-refractivity contribution in [2.24, 2.45) is 46.3 Å². The van der Waals surface area contributed by atoms with Crippen LogP contribution in [0.5, 0.6) is 0 Å². The number of fused-ring (bicyclic) bond motifs is 5. The lowest BCUT2D eigenvalue weighted by molar-refractivity contribution is -0.173. The minimum atomic E-state index is -0.276. The molecule has 0 aromatic carbocycles. The lowest BCUT2D eigenvalue weighted by Gasteiger charge is -2.62. The monoisotopic (exact) mass is 404 g/mol. The summed E-state index contributed by atoms with van der Waals surface area (Å²) in [7, 11) is 1.42. The Morgan fingerprint density at radius 1 is 1.03 bits per heavy atom. The van der Waals surface area contributed by atoms with Crippen molar-refractivity contribution in [3.63, 3.8) is 0 Å². The highest BCUT2D eigenvalue weighted by molar-refractivity contribution is 5.81. The predicted octanol–water partition coefficient (Wildman–Crippen LogP) is 4.34. The number of carbonyl (C=O) groups is 1. The quantitative estimate of drug-likeness (QED) is 0.542. The molecule has 0 bridgehead atoms. The molecule has 4 saturated carbocycles. The summed E-state index contributed by atoms with van der Waals surface area (Å²) >= 11 is 0. The van der Waals surface area contributed by atoms with E-state index in [-0.39, 0.29) is 29.0 Å². The van der Waals surface area contributed by atoms with Gasteiger partial charge in [0.1, 0.15) is 0 Å². The number of allylic oxidation sites excluding steroid dienone is 1. The molecule has 0 aromatic rings. The van der Waals surface area contributed by atoms with Crippen LogP contribution >= 0.6 is 0 Å². The Labute approximate surface area is 176 Å². The topological polar surface area (TPSA) is 66.8 Å². The molecular weight excluding hydrogens is 364 g/mol. The predicted molar refractivity (Wildman–Crippen MR) is 113 cm³/mol. The fourth-order valence-corrected chi connectivity index (χ4v) is 8.54. The van der Waals surface area contributed by atoms with Crippen LogP contribution in [0.15, 0.2) is 12.2 Å². The third kappa shape index (κ3) is 3.39. The highest BCUT2D eigenvalue weighted by Gasteiger charge is 2.62. The SMILES string of the molecule is COC(=O)/C=C/[C@@H](C)[C@H]1CC[C@H]2[C@@H]3[C@H](O)C[C@@H]4C[C@H](O)CC[C@]4(C)[C@H]3CC[C@]12C. The molecule has 0 aromatic heterocycles. The van der Waals surface area contributed by atoms with Crippen molar-refractivity contribution in [1.82, 2.24) is 0 Å². The Morgan fingerprint density at radius 3 is 2.45 bits per heavy atom. The van der Waals surface area contributed by atoms with Gasteiger partial charge in [0.2, 0.25) is 0 Å². The van der Waals surface area contributed by atoms with E-state index in [0.29, 0.717) is 35.5 Å². The number of rotatable bonds is 3. The minimum Gasteiger partial charge on any atom is -0.466 e. The Hall–Kier alpha value is -0.870. The van der Waals surface area contributed by atoms with Crippen molar-refractivity contribution in [2.75, 3.05) is 7.11 Å². The van der Waals surface area contributed by atoms with Crippen molar-refractivity contribution >= 4 is 5.97 Å². The molecule has 0 heterocycles. The second-order valence-electron chi connectivity index (χ2n) is 11.2. The van der Waals surface area contributed by atoms with Gasteiger partial charge in [0, 0.05) is 6.08 Å². The number of ether oxygens (including phenoxy) is 1. The van der Waals surface area contributed by atoms with E-state index in [9.17, 15) is 15.0 Å². The molecule has 4 nitrogen and oxygen atoms in total. The van der Waals surface area contributed by atoms with Gasteiger partial charge in [-0.25, -0.2) is 4.79 Å². The smallest absolute Gasteiger partial charge is 0.330 e. The third-order valence-electron chi connectivity index (χ3n) is 10.1. The van der Waals surface area contributed by atoms with E-state index < -0.39 is 0 Å². The number of hydrogen-bond acceptors (Lipinski definition) is 4. The summed E-state index contributed by atoms with van der Waals surface area (Å²) in [5.41, 5.74) is 0.512. The van der Waals surface area contributed by atoms with E-state index in [1.165, 1.54) is 32.8 Å². The molecular formula is C25H40O4. The molecule has 2 N–H and O–H groups in total. The molecule has 164 valence electrons. The average Bonchev–Trinajstić information content (AvgIpc) is 3.04. The first-order chi connectivity index (χ1) is 13.7. The van der Waals surface area contributed by atoms with Gasteiger partial charge in [-0.2, -0.15) is 0 Å². The van der Waals surface area contributed by atoms with Crippen molar-refractivity contribution in [2.45, 2.75) is 84.3 Å². The van der Waals surface area contributed by atoms with Crippen LogP contribution < -0.4 is 0 Å². The number of esters is 1. The molecule has 0 amide bonds. The molecule has 0 unspecified atom stereocenters. The molecule has 4 heteroatoms. The zero-order chi connectivity index (χ0) is 21.0. The first-order valence-electron chi connectivity index (χ1n) is 11.8. The van der Waals surface area contributed by atoms with E-state index in [0.717, 1.165) is 25.7 Å². The Kier molecular flexibility index (Phi) is 5.65. The van der Waals surface area contributed by atoms with Crippen LogP contribution in [0.2, 0.25) is 0 Å². The van der Waals surface area contributed by atoms with Gasteiger partial charge in [-0.3, -0.25) is 0 Å². The molecule has 29 heavy (non-hydrogen) atoms. The number of aliphatic hydroxyl groups is 2. The molecule has 0 saturated heterocycles. The lowest BCUT2D eigenvalue weighted by atomic mass is 9.43. The number of methoxy groups -OCH3 is 1. The second kappa shape index (κ2) is 7.67. The van der Waals surface area contributed by atoms with Crippen molar-refractivity contribution in [3.8, 4) is 0 Å². The first kappa shape index (κ1) is 21.4. The summed E-state index contributed by atoms with van der Waals surface area (Å²) in [6.45, 7) is 7.16. The zero-order valence-corrected chi connectivity index (χ0v) is 18.6. The molecule has 4 aliphatic rings. The van der Waals surface area contributed by atoms with E-state index in [2.05, 4.69) is 20.8 Å². The third-order valence-corrected chi connectivity index (χ3v) is 10.1. The summed E-state index contributed by atoms with van der Waals surface area (Å²) in [5, 5.41) is 21.5. The Bertz CT molecular complexity index is 659. The molecule has 0 aliphatic heterocycles. The van der Waals surface area contributed by atoms with Crippen LogP contribution in [0.4, 0.5) is 0 Å². The Balaban J connectivity index is 1.56. The van der Waals surface area contributed by atoms with Gasteiger partial charge in [0.25, 0.3) is 0 Å². The van der Waals surface area contributed by atoms with Gasteiger partial charge in [-0.1, -0.05) is 26.8 Å². The summed E-state index contributed by atoms with van der Waals surface area (Å²) in [5.74, 6) is 2.63. The molecule has 0 radical (unpaired) electrons. The first-order valence-corrected chi connectivity index (χ1v) is 11.8. The summed E-state index contributed by atoms with van der Waals surface area (Å²) in [4.78, 5) is 11.6. The van der Waals surface area contributed by atoms with E-state index >= 15 is 0 Å². The van der Waals surface area contributed by atoms with Gasteiger partial charge < -0.3 is 14.9 Å². The van der Waals surface area contributed by atoms with E-state index in [1.807, 2.05) is 6.08 Å². The molecule has 0 spiro atoms. The summed E-state index contributed by atoms with van der Waals surface area (Å²) in [6.07, 6.45) is 11.8. The fraction of sp³-hybridized carbons (Fsp3) is 0.880. The Morgan fingerprint density at radius 2 is 1.72 bits per heavy atom. The zero-order valence-electron chi connectivity index (χ0n) is 18.6. The molecule has 4 fully saturated rings.